The first-order valence-electron chi connectivity index (χ1n) is 8.23. The Morgan fingerprint density at radius 1 is 1.29 bits per heavy atom. The van der Waals surface area contributed by atoms with E-state index in [2.05, 4.69) is 11.4 Å². The summed E-state index contributed by atoms with van der Waals surface area (Å²) in [7, 11) is 1.22. The van der Waals surface area contributed by atoms with E-state index in [0.717, 1.165) is 24.3 Å². The third-order valence-electron chi connectivity index (χ3n) is 3.64. The molecule has 0 aliphatic carbocycles. The van der Waals surface area contributed by atoms with Gasteiger partial charge in [-0.05, 0) is 12.2 Å². The van der Waals surface area contributed by atoms with E-state index >= 15 is 0 Å². The SMILES string of the molecule is CCCCSCC(C)C(=O)OCCC(COP(=O)(O)O)[N+](C)(C)C. The lowest BCUT2D eigenvalue weighted by atomic mass is 10.2. The fourth-order valence-corrected chi connectivity index (χ4v) is 3.41. The molecule has 9 heteroatoms. The lowest BCUT2D eigenvalue weighted by molar-refractivity contribution is -0.896. The summed E-state index contributed by atoms with van der Waals surface area (Å²) >= 11 is 1.76. The molecule has 2 N–H and O–H groups in total. The van der Waals surface area contributed by atoms with Gasteiger partial charge in [-0.2, -0.15) is 11.8 Å². The minimum Gasteiger partial charge on any atom is -0.465 e. The van der Waals surface area contributed by atoms with Crippen LogP contribution in [0.2, 0.25) is 0 Å². The molecular formula is C15H33NO6PS+. The molecule has 2 atom stereocenters. The maximum Gasteiger partial charge on any atom is 0.469 e. The van der Waals surface area contributed by atoms with Gasteiger partial charge in [0.15, 0.2) is 0 Å². The Labute approximate surface area is 149 Å². The van der Waals surface area contributed by atoms with E-state index in [0.29, 0.717) is 10.9 Å². The predicted octanol–water partition coefficient (Wildman–Crippen LogP) is 2.27. The van der Waals surface area contributed by atoms with E-state index in [9.17, 15) is 9.36 Å². The highest BCUT2D eigenvalue weighted by molar-refractivity contribution is 7.99. The molecule has 0 heterocycles. The monoisotopic (exact) mass is 386 g/mol. The Morgan fingerprint density at radius 3 is 2.42 bits per heavy atom. The number of hydrogen-bond donors (Lipinski definition) is 2. The number of quaternary nitrogens is 1. The van der Waals surface area contributed by atoms with Crippen LogP contribution >= 0.6 is 19.6 Å². The van der Waals surface area contributed by atoms with Crippen LogP contribution in [0, 0.1) is 5.92 Å². The van der Waals surface area contributed by atoms with Crippen molar-refractivity contribution in [3.63, 3.8) is 0 Å². The minimum absolute atomic E-state index is 0.0895. The van der Waals surface area contributed by atoms with Gasteiger partial charge in [-0.3, -0.25) is 9.32 Å². The van der Waals surface area contributed by atoms with Crippen molar-refractivity contribution in [1.29, 1.82) is 0 Å². The van der Waals surface area contributed by atoms with Crippen LogP contribution in [0.5, 0.6) is 0 Å². The Bertz CT molecular complexity index is 409. The third-order valence-corrected chi connectivity index (χ3v) is 5.44. The topological polar surface area (TPSA) is 93.1 Å². The smallest absolute Gasteiger partial charge is 0.465 e. The molecule has 0 bridgehead atoms. The number of phosphoric acid groups is 1. The second-order valence-corrected chi connectivity index (χ2v) is 9.23. The van der Waals surface area contributed by atoms with Gasteiger partial charge in [-0.15, -0.1) is 0 Å². The van der Waals surface area contributed by atoms with Gasteiger partial charge in [0.1, 0.15) is 12.6 Å². The maximum atomic E-state index is 12.0. The van der Waals surface area contributed by atoms with Crippen LogP contribution in [0.25, 0.3) is 0 Å². The zero-order chi connectivity index (χ0) is 18.8. The first kappa shape index (κ1) is 23.9. The number of thioether (sulfide) groups is 1. The van der Waals surface area contributed by atoms with Crippen LogP contribution in [0.4, 0.5) is 0 Å². The molecule has 0 saturated carbocycles. The number of esters is 1. The first-order valence-corrected chi connectivity index (χ1v) is 10.9. The maximum absolute atomic E-state index is 12.0. The third kappa shape index (κ3) is 12.3. The number of likely N-dealkylation sites (N-methyl/N-ethyl adjacent to an activating group) is 1. The number of carbonyl (C=O) groups excluding carboxylic acids is 1. The fourth-order valence-electron chi connectivity index (χ4n) is 1.89. The second-order valence-electron chi connectivity index (χ2n) is 6.84. The first-order chi connectivity index (χ1) is 11.0. The van der Waals surface area contributed by atoms with Crippen molar-refractivity contribution < 1.29 is 32.9 Å². The van der Waals surface area contributed by atoms with Gasteiger partial charge in [-0.25, -0.2) is 4.57 Å². The normalized spacial score (nSPS) is 15.1. The molecule has 0 radical (unpaired) electrons. The molecule has 7 nitrogen and oxygen atoms in total. The van der Waals surface area contributed by atoms with Crippen molar-refractivity contribution in [2.24, 2.45) is 5.92 Å². The van der Waals surface area contributed by atoms with Crippen LogP contribution in [0.3, 0.4) is 0 Å². The molecule has 0 aliphatic heterocycles. The van der Waals surface area contributed by atoms with Gasteiger partial charge < -0.3 is 19.0 Å². The van der Waals surface area contributed by atoms with Crippen molar-refractivity contribution in [2.45, 2.75) is 39.2 Å². The Morgan fingerprint density at radius 2 is 1.92 bits per heavy atom. The largest absolute Gasteiger partial charge is 0.469 e. The molecule has 2 unspecified atom stereocenters. The van der Waals surface area contributed by atoms with Crippen LogP contribution in [0.1, 0.15) is 33.1 Å². The number of unbranched alkanes of at least 4 members (excludes halogenated alkanes) is 1. The van der Waals surface area contributed by atoms with Crippen LogP contribution < -0.4 is 0 Å². The lowest BCUT2D eigenvalue weighted by Gasteiger charge is -2.33. The van der Waals surface area contributed by atoms with Gasteiger partial charge in [0.25, 0.3) is 0 Å². The second kappa shape index (κ2) is 11.5. The van der Waals surface area contributed by atoms with Gasteiger partial charge in [0.2, 0.25) is 0 Å². The number of hydrogen-bond acceptors (Lipinski definition) is 5. The fraction of sp³-hybridized carbons (Fsp3) is 0.933. The van der Waals surface area contributed by atoms with Crippen molar-refractivity contribution >= 4 is 25.6 Å². The zero-order valence-electron chi connectivity index (χ0n) is 15.4. The summed E-state index contributed by atoms with van der Waals surface area (Å²) in [5, 5.41) is 0. The van der Waals surface area contributed by atoms with Gasteiger partial charge in [-0.1, -0.05) is 20.3 Å². The number of nitrogens with zero attached hydrogens (tertiary/aromatic N) is 1. The average molecular weight is 386 g/mol. The number of phosphoric ester groups is 1. The lowest BCUT2D eigenvalue weighted by Crippen LogP contribution is -2.48. The highest BCUT2D eigenvalue weighted by Crippen LogP contribution is 2.36. The van der Waals surface area contributed by atoms with Gasteiger partial charge >= 0.3 is 13.8 Å². The summed E-state index contributed by atoms with van der Waals surface area (Å²) in [4.78, 5) is 29.6. The quantitative estimate of drug-likeness (QED) is 0.217. The highest BCUT2D eigenvalue weighted by atomic mass is 32.2. The Hall–Kier alpha value is -0.110. The molecule has 0 aromatic heterocycles. The molecule has 0 aromatic rings. The molecular weight excluding hydrogens is 353 g/mol. The van der Waals surface area contributed by atoms with E-state index in [1.165, 1.54) is 0 Å². The zero-order valence-corrected chi connectivity index (χ0v) is 17.1. The van der Waals surface area contributed by atoms with Crippen LogP contribution in [0.15, 0.2) is 0 Å². The molecule has 0 aromatic carbocycles. The molecule has 0 rings (SSSR count). The summed E-state index contributed by atoms with van der Waals surface area (Å²) in [6.07, 6.45) is 2.77. The number of rotatable bonds is 13. The van der Waals surface area contributed by atoms with Crippen molar-refractivity contribution in [3.05, 3.63) is 0 Å². The van der Waals surface area contributed by atoms with Gasteiger partial charge in [0.05, 0.1) is 33.7 Å². The Kier molecular flexibility index (Phi) is 11.4. The van der Waals surface area contributed by atoms with Crippen molar-refractivity contribution in [1.82, 2.24) is 0 Å². The average Bonchev–Trinajstić information content (AvgIpc) is 2.44. The summed E-state index contributed by atoms with van der Waals surface area (Å²) < 4.78 is 21.2. The van der Waals surface area contributed by atoms with E-state index in [-0.39, 0.29) is 31.1 Å². The summed E-state index contributed by atoms with van der Waals surface area (Å²) in [5.74, 6) is 1.42. The molecule has 24 heavy (non-hydrogen) atoms. The predicted molar refractivity (Wildman–Crippen MR) is 96.8 cm³/mol. The number of carbonyl (C=O) groups is 1. The van der Waals surface area contributed by atoms with Crippen molar-refractivity contribution in [3.8, 4) is 0 Å². The standard InChI is InChI=1S/C15H32NO6PS/c1-6-7-10-24-12-13(2)15(17)21-9-8-14(16(3,4)5)11-22-23(18,19)20/h13-14H,6-12H2,1-5H3,(H-,18,19,20)/p+1. The van der Waals surface area contributed by atoms with Gasteiger partial charge in [0, 0.05) is 12.2 Å². The summed E-state index contributed by atoms with van der Waals surface area (Å²) in [6, 6.07) is -0.181. The van der Waals surface area contributed by atoms with E-state index in [4.69, 9.17) is 14.5 Å². The van der Waals surface area contributed by atoms with E-state index in [1.807, 2.05) is 28.1 Å². The molecule has 0 saturated heterocycles. The minimum atomic E-state index is -4.50. The summed E-state index contributed by atoms with van der Waals surface area (Å²) in [5.41, 5.74) is 0. The van der Waals surface area contributed by atoms with Crippen LogP contribution in [-0.4, -0.2) is 72.1 Å². The molecule has 0 aliphatic rings. The van der Waals surface area contributed by atoms with E-state index < -0.39 is 7.82 Å². The van der Waals surface area contributed by atoms with Crippen LogP contribution in [-0.2, 0) is 18.6 Å². The van der Waals surface area contributed by atoms with Crippen molar-refractivity contribution in [2.75, 3.05) is 45.9 Å². The van der Waals surface area contributed by atoms with E-state index in [1.54, 1.807) is 11.8 Å². The molecule has 0 fully saturated rings. The highest BCUT2D eigenvalue weighted by Gasteiger charge is 2.28. The Balaban J connectivity index is 4.21. The number of ether oxygens (including phenoxy) is 1. The molecule has 0 amide bonds. The molecule has 144 valence electrons. The molecule has 0 spiro atoms. The summed E-state index contributed by atoms with van der Waals surface area (Å²) in [6.45, 7) is 4.12.